The number of hydrogen-bond donors (Lipinski definition) is 1. The van der Waals surface area contributed by atoms with Gasteiger partial charge in [-0.3, -0.25) is 0 Å². The molecule has 0 aromatic rings. The van der Waals surface area contributed by atoms with Gasteiger partial charge in [0.25, 0.3) is 0 Å². The topological polar surface area (TPSA) is 15.3 Å². The van der Waals surface area contributed by atoms with Gasteiger partial charge in [-0.05, 0) is 50.5 Å². The molecule has 1 unspecified atom stereocenters. The van der Waals surface area contributed by atoms with Gasteiger partial charge in [0, 0.05) is 36.8 Å². The van der Waals surface area contributed by atoms with E-state index in [-0.39, 0.29) is 5.41 Å². The van der Waals surface area contributed by atoms with Crippen molar-refractivity contribution in [1.82, 2.24) is 10.2 Å². The lowest BCUT2D eigenvalue weighted by atomic mass is 9.90. The Balaban J connectivity index is 2.13. The second-order valence-corrected chi connectivity index (χ2v) is 8.12. The van der Waals surface area contributed by atoms with E-state index in [9.17, 15) is 0 Å². The molecule has 0 radical (unpaired) electrons. The molecule has 156 valence electrons. The molecule has 2 aliphatic rings. The van der Waals surface area contributed by atoms with E-state index in [4.69, 9.17) is 0 Å². The van der Waals surface area contributed by atoms with Crippen molar-refractivity contribution in [2.45, 2.75) is 46.0 Å². The van der Waals surface area contributed by atoms with E-state index in [0.717, 1.165) is 30.2 Å². The first-order valence-corrected chi connectivity index (χ1v) is 10.8. The first kappa shape index (κ1) is 22.8. The number of likely N-dealkylation sites (N-methyl/N-ethyl adjacent to an activating group) is 1. The van der Waals surface area contributed by atoms with Gasteiger partial charge < -0.3 is 10.2 Å². The highest BCUT2D eigenvalue weighted by atomic mass is 15.1. The predicted octanol–water partition coefficient (Wildman–Crippen LogP) is 6.82. The predicted molar refractivity (Wildman–Crippen MR) is 128 cm³/mol. The zero-order chi connectivity index (χ0) is 21.3. The summed E-state index contributed by atoms with van der Waals surface area (Å²) in [6.45, 7) is 16.9. The van der Waals surface area contributed by atoms with E-state index >= 15 is 0 Å². The Labute approximate surface area is 178 Å². The van der Waals surface area contributed by atoms with Crippen LogP contribution >= 0.6 is 0 Å². The summed E-state index contributed by atoms with van der Waals surface area (Å²) in [6, 6.07) is 0. The molecule has 29 heavy (non-hydrogen) atoms. The number of rotatable bonds is 14. The molecule has 0 aromatic carbocycles. The lowest BCUT2D eigenvalue weighted by Crippen LogP contribution is -2.18. The second-order valence-electron chi connectivity index (χ2n) is 8.12. The minimum absolute atomic E-state index is 0.190. The number of nitrogens with one attached hydrogen (secondary N) is 1. The van der Waals surface area contributed by atoms with Crippen LogP contribution < -0.4 is 5.32 Å². The van der Waals surface area contributed by atoms with Gasteiger partial charge in [0.05, 0.1) is 0 Å². The maximum Gasteiger partial charge on any atom is 0.0374 e. The smallest absolute Gasteiger partial charge is 0.0374 e. The number of allylic oxidation sites excluding steroid dienone is 9. The fraction of sp³-hybridized carbons (Fsp3) is 0.407. The fourth-order valence-corrected chi connectivity index (χ4v) is 3.62. The van der Waals surface area contributed by atoms with Crippen LogP contribution in [0, 0.1) is 11.3 Å². The molecule has 0 aromatic heterocycles. The molecular weight excluding hydrogens is 352 g/mol. The molecule has 0 spiro atoms. The van der Waals surface area contributed by atoms with Gasteiger partial charge >= 0.3 is 0 Å². The molecule has 1 N–H and O–H groups in total. The molecule has 1 atom stereocenters. The lowest BCUT2D eigenvalue weighted by Gasteiger charge is -2.25. The van der Waals surface area contributed by atoms with Crippen molar-refractivity contribution in [3.63, 3.8) is 0 Å². The average molecular weight is 391 g/mol. The van der Waals surface area contributed by atoms with Crippen LogP contribution in [0.4, 0.5) is 0 Å². The van der Waals surface area contributed by atoms with Crippen molar-refractivity contribution in [1.29, 1.82) is 0 Å². The van der Waals surface area contributed by atoms with E-state index in [2.05, 4.69) is 93.4 Å². The third-order valence-electron chi connectivity index (χ3n) is 5.65. The van der Waals surface area contributed by atoms with Crippen molar-refractivity contribution < 1.29 is 0 Å². The van der Waals surface area contributed by atoms with Crippen LogP contribution in [0.3, 0.4) is 0 Å². The van der Waals surface area contributed by atoms with Crippen molar-refractivity contribution in [3.8, 4) is 0 Å². The first-order valence-electron chi connectivity index (χ1n) is 10.8. The highest BCUT2D eigenvalue weighted by molar-refractivity contribution is 5.50. The van der Waals surface area contributed by atoms with Gasteiger partial charge in [0.2, 0.25) is 0 Å². The van der Waals surface area contributed by atoms with Gasteiger partial charge in [0.1, 0.15) is 0 Å². The lowest BCUT2D eigenvalue weighted by molar-refractivity contribution is 0.504. The Morgan fingerprint density at radius 2 is 2.07 bits per heavy atom. The van der Waals surface area contributed by atoms with Crippen LogP contribution in [0.5, 0.6) is 0 Å². The Kier molecular flexibility index (Phi) is 8.57. The maximum absolute atomic E-state index is 4.33. The van der Waals surface area contributed by atoms with E-state index in [1.165, 1.54) is 31.4 Å². The molecule has 0 aliphatic heterocycles. The Morgan fingerprint density at radius 1 is 1.31 bits per heavy atom. The van der Waals surface area contributed by atoms with Crippen LogP contribution in [0.25, 0.3) is 0 Å². The van der Waals surface area contributed by atoms with E-state index in [1.54, 1.807) is 11.8 Å². The van der Waals surface area contributed by atoms with Crippen molar-refractivity contribution in [2.24, 2.45) is 11.3 Å². The van der Waals surface area contributed by atoms with Gasteiger partial charge in [-0.15, -0.1) is 0 Å². The van der Waals surface area contributed by atoms with Crippen molar-refractivity contribution >= 4 is 0 Å². The third-order valence-corrected chi connectivity index (χ3v) is 5.65. The van der Waals surface area contributed by atoms with E-state index in [1.807, 2.05) is 6.08 Å². The van der Waals surface area contributed by atoms with Crippen molar-refractivity contribution in [3.05, 3.63) is 97.1 Å². The summed E-state index contributed by atoms with van der Waals surface area (Å²) in [5.41, 5.74) is 5.31. The normalized spacial score (nSPS) is 22.0. The summed E-state index contributed by atoms with van der Waals surface area (Å²) in [7, 11) is 2.12. The molecule has 0 amide bonds. The molecule has 1 saturated carbocycles. The minimum atomic E-state index is 0.190. The Morgan fingerprint density at radius 3 is 2.69 bits per heavy atom. The molecule has 0 saturated heterocycles. The van der Waals surface area contributed by atoms with Gasteiger partial charge in [-0.1, -0.05) is 80.7 Å². The molecule has 1 fully saturated rings. The maximum atomic E-state index is 4.33. The molecule has 0 heterocycles. The molecule has 2 nitrogen and oxygen atoms in total. The van der Waals surface area contributed by atoms with E-state index in [0.29, 0.717) is 0 Å². The zero-order valence-electron chi connectivity index (χ0n) is 18.6. The van der Waals surface area contributed by atoms with Gasteiger partial charge in [0.15, 0.2) is 0 Å². The van der Waals surface area contributed by atoms with Gasteiger partial charge in [-0.25, -0.2) is 0 Å². The quantitative estimate of drug-likeness (QED) is 0.199. The van der Waals surface area contributed by atoms with Crippen LogP contribution in [0.2, 0.25) is 0 Å². The highest BCUT2D eigenvalue weighted by Crippen LogP contribution is 2.60. The largest absolute Gasteiger partial charge is 0.388 e. The fourth-order valence-electron chi connectivity index (χ4n) is 3.62. The standard InChI is InChI=1S/C27H38N2/c1-7-18-27(21-26(27)24-16-17-24)20-25(15-12-19-28-9-3)29(6)23(5)14-11-10-13-22(4)8-2/h8-13,15,20-21,24,28H,2-3,5,7,14,16-19H2,1,4,6H3/b11-10-,15-12-,22-13-,25-20+. The number of hydrogen-bond acceptors (Lipinski definition) is 2. The minimum Gasteiger partial charge on any atom is -0.388 e. The third kappa shape index (κ3) is 6.81. The summed E-state index contributed by atoms with van der Waals surface area (Å²) in [5.74, 6) is 0.835. The van der Waals surface area contributed by atoms with Crippen LogP contribution in [-0.4, -0.2) is 18.5 Å². The van der Waals surface area contributed by atoms with Crippen LogP contribution in [-0.2, 0) is 0 Å². The molecule has 2 rings (SSSR count). The molecule has 0 bridgehead atoms. The van der Waals surface area contributed by atoms with Gasteiger partial charge in [-0.2, -0.15) is 0 Å². The highest BCUT2D eigenvalue weighted by Gasteiger charge is 2.48. The molecular formula is C27H38N2. The SMILES string of the molecule is C=CNC/C=C\C(=C/C1(CCC)C=C1C1CC1)N(C)C(=C)C/C=C\C=C(\C)C=C. The summed E-state index contributed by atoms with van der Waals surface area (Å²) in [4.78, 5) is 2.23. The van der Waals surface area contributed by atoms with Crippen molar-refractivity contribution in [2.75, 3.05) is 13.6 Å². The molecule has 2 aliphatic carbocycles. The monoisotopic (exact) mass is 390 g/mol. The summed E-state index contributed by atoms with van der Waals surface area (Å²) >= 11 is 0. The second kappa shape index (κ2) is 10.9. The summed E-state index contributed by atoms with van der Waals surface area (Å²) in [6.07, 6.45) is 25.2. The zero-order valence-corrected chi connectivity index (χ0v) is 18.6. The van der Waals surface area contributed by atoms with E-state index < -0.39 is 0 Å². The molecule has 2 heteroatoms. The first-order chi connectivity index (χ1) is 14.0. The summed E-state index contributed by atoms with van der Waals surface area (Å²) in [5, 5.41) is 3.14. The average Bonchev–Trinajstić information content (AvgIpc) is 3.62. The van der Waals surface area contributed by atoms with Crippen LogP contribution in [0.15, 0.2) is 97.1 Å². The van der Waals surface area contributed by atoms with Crippen LogP contribution in [0.1, 0.15) is 46.0 Å². The number of nitrogens with zero attached hydrogens (tertiary/aromatic N) is 1. The Bertz CT molecular complexity index is 755. The Hall–Kier alpha value is -2.48. The summed E-state index contributed by atoms with van der Waals surface area (Å²) < 4.78 is 0.